The highest BCUT2D eigenvalue weighted by Crippen LogP contribution is 2.38. The first-order chi connectivity index (χ1) is 15.5. The van der Waals surface area contributed by atoms with Gasteiger partial charge in [0.05, 0.1) is 18.8 Å². The summed E-state index contributed by atoms with van der Waals surface area (Å²) in [7, 11) is 0. The van der Waals surface area contributed by atoms with Crippen LogP contribution in [-0.2, 0) is 10.9 Å². The number of rotatable bonds is 5. The van der Waals surface area contributed by atoms with E-state index >= 15 is 0 Å². The van der Waals surface area contributed by atoms with Gasteiger partial charge in [-0.05, 0) is 55.8 Å². The van der Waals surface area contributed by atoms with Crippen molar-refractivity contribution < 1.29 is 17.9 Å². The van der Waals surface area contributed by atoms with E-state index in [4.69, 9.17) is 4.74 Å². The van der Waals surface area contributed by atoms with Crippen molar-refractivity contribution in [2.45, 2.75) is 25.4 Å². The lowest BCUT2D eigenvalue weighted by Gasteiger charge is -2.26. The van der Waals surface area contributed by atoms with E-state index in [0.29, 0.717) is 17.9 Å². The minimum absolute atomic E-state index is 0.550. The summed E-state index contributed by atoms with van der Waals surface area (Å²) in [6, 6.07) is 4.07. The van der Waals surface area contributed by atoms with Crippen LogP contribution in [-0.4, -0.2) is 37.7 Å². The second-order valence-electron chi connectivity index (χ2n) is 8.22. The molecule has 0 saturated carbocycles. The molecular weight excluding hydrogens is 451 g/mol. The molecule has 168 valence electrons. The maximum Gasteiger partial charge on any atom is 0.416 e. The van der Waals surface area contributed by atoms with Crippen molar-refractivity contribution in [3.8, 4) is 0 Å². The van der Waals surface area contributed by atoms with Crippen LogP contribution in [0.1, 0.15) is 24.8 Å². The predicted molar refractivity (Wildman–Crippen MR) is 128 cm³/mol. The van der Waals surface area contributed by atoms with E-state index in [9.17, 15) is 13.2 Å². The fourth-order valence-electron chi connectivity index (χ4n) is 4.32. The van der Waals surface area contributed by atoms with Crippen molar-refractivity contribution in [3.05, 3.63) is 68.3 Å². The van der Waals surface area contributed by atoms with Gasteiger partial charge in [0.15, 0.2) is 0 Å². The molecule has 2 aromatic rings. The molecule has 0 spiro atoms. The van der Waals surface area contributed by atoms with Crippen molar-refractivity contribution in [2.24, 2.45) is 0 Å². The molecule has 1 aliphatic carbocycles. The first kappa shape index (κ1) is 22.0. The van der Waals surface area contributed by atoms with Crippen molar-refractivity contribution in [1.29, 1.82) is 0 Å². The van der Waals surface area contributed by atoms with Gasteiger partial charge in [0.1, 0.15) is 0 Å². The van der Waals surface area contributed by atoms with Crippen molar-refractivity contribution in [3.63, 3.8) is 0 Å². The van der Waals surface area contributed by atoms with Crippen molar-refractivity contribution in [1.82, 2.24) is 4.90 Å². The molecule has 0 radical (unpaired) electrons. The summed E-state index contributed by atoms with van der Waals surface area (Å²) < 4.78 is 47.2. The number of benzene rings is 1. The average molecular weight is 476 g/mol. The summed E-state index contributed by atoms with van der Waals surface area (Å²) in [5, 5.41) is 1.90. The Kier molecular flexibility index (Phi) is 6.34. The Hall–Kier alpha value is -1.80. The lowest BCUT2D eigenvalue weighted by atomic mass is 10.1. The van der Waals surface area contributed by atoms with Gasteiger partial charge in [0, 0.05) is 36.2 Å². The molecular formula is C25H24F3NOS2. The highest BCUT2D eigenvalue weighted by atomic mass is 32.2. The number of fused-ring (bicyclic) bond motifs is 4. The van der Waals surface area contributed by atoms with Gasteiger partial charge in [0.25, 0.3) is 0 Å². The number of hydrogen-bond donors (Lipinski definition) is 0. The highest BCUT2D eigenvalue weighted by Gasteiger charge is 2.31. The Labute approximate surface area is 193 Å². The molecule has 1 aromatic heterocycles. The van der Waals surface area contributed by atoms with E-state index in [1.165, 1.54) is 42.7 Å². The molecule has 3 heterocycles. The van der Waals surface area contributed by atoms with E-state index in [2.05, 4.69) is 23.1 Å². The normalized spacial score (nSPS) is 19.2. The van der Waals surface area contributed by atoms with Crippen molar-refractivity contribution in [2.75, 3.05) is 32.8 Å². The maximum atomic E-state index is 13.2. The molecule has 0 N–H and O–H groups in total. The number of thioether (sulfide) groups is 1. The van der Waals surface area contributed by atoms with Crippen molar-refractivity contribution >= 4 is 44.2 Å². The van der Waals surface area contributed by atoms with E-state index < -0.39 is 11.7 Å². The first-order valence-electron chi connectivity index (χ1n) is 10.9. The minimum Gasteiger partial charge on any atom is -0.375 e. The fourth-order valence-corrected chi connectivity index (χ4v) is 6.66. The smallest absolute Gasteiger partial charge is 0.375 e. The van der Waals surface area contributed by atoms with Gasteiger partial charge in [0.2, 0.25) is 0 Å². The number of allylic oxidation sites excluding steroid dienone is 4. The summed E-state index contributed by atoms with van der Waals surface area (Å²) in [6.07, 6.45) is 9.77. The molecule has 5 rings (SSSR count). The van der Waals surface area contributed by atoms with Gasteiger partial charge >= 0.3 is 6.18 Å². The zero-order valence-electron chi connectivity index (χ0n) is 17.6. The van der Waals surface area contributed by atoms with Crippen LogP contribution in [0.3, 0.4) is 0 Å². The van der Waals surface area contributed by atoms with E-state index in [1.807, 2.05) is 12.2 Å². The standard InChI is InChI=1S/C25H24F3NOS2/c26-25(27,28)18-8-10-20-22(15-18)32-21-6-4-5-17-7-9-19(31-24(17)23(20)21)16-30-14-13-29-11-2-1-3-12-29/h4-10,15H,1-3,11-14,16H2. The Morgan fingerprint density at radius 1 is 1.03 bits per heavy atom. The van der Waals surface area contributed by atoms with Crippen LogP contribution in [0, 0.1) is 0 Å². The molecule has 3 aliphatic rings. The second kappa shape index (κ2) is 9.21. The highest BCUT2D eigenvalue weighted by molar-refractivity contribution is 8.11. The Morgan fingerprint density at radius 2 is 1.88 bits per heavy atom. The number of piperidine rings is 1. The number of alkyl halides is 3. The topological polar surface area (TPSA) is 12.5 Å². The third-order valence-corrected chi connectivity index (χ3v) is 8.26. The Balaban J connectivity index is 1.39. The Bertz CT molecular complexity index is 1230. The molecule has 7 heteroatoms. The molecule has 0 bridgehead atoms. The summed E-state index contributed by atoms with van der Waals surface area (Å²) in [6.45, 7) is 4.56. The second-order valence-corrected chi connectivity index (χ2v) is 10.4. The SMILES string of the molecule is FC(F)(F)c1ccc2c3c(sc2c1)=CC=CC1=CC=C(COCCN2CCCCC2)SC=31. The Morgan fingerprint density at radius 3 is 2.69 bits per heavy atom. The molecule has 32 heavy (non-hydrogen) atoms. The lowest BCUT2D eigenvalue weighted by molar-refractivity contribution is -0.137. The third kappa shape index (κ3) is 4.62. The number of thiophene rings is 1. The van der Waals surface area contributed by atoms with Crippen LogP contribution in [0.5, 0.6) is 0 Å². The van der Waals surface area contributed by atoms with Crippen LogP contribution in [0.2, 0.25) is 0 Å². The largest absolute Gasteiger partial charge is 0.416 e. The van der Waals surface area contributed by atoms with Gasteiger partial charge in [-0.25, -0.2) is 0 Å². The molecule has 1 saturated heterocycles. The van der Waals surface area contributed by atoms with E-state index in [1.54, 1.807) is 17.8 Å². The molecule has 0 amide bonds. The third-order valence-electron chi connectivity index (χ3n) is 5.98. The fraction of sp³-hybridized carbons (Fsp3) is 0.360. The molecule has 2 nitrogen and oxygen atoms in total. The quantitative estimate of drug-likeness (QED) is 0.535. The van der Waals surface area contributed by atoms with Crippen LogP contribution in [0.4, 0.5) is 13.2 Å². The molecule has 0 unspecified atom stereocenters. The van der Waals surface area contributed by atoms with Gasteiger partial charge in [-0.3, -0.25) is 0 Å². The molecule has 1 aromatic carbocycles. The molecule has 2 aliphatic heterocycles. The predicted octanol–water partition coefficient (Wildman–Crippen LogP) is 5.44. The zero-order valence-corrected chi connectivity index (χ0v) is 19.2. The average Bonchev–Trinajstić information content (AvgIpc) is 3.05. The molecule has 0 atom stereocenters. The monoisotopic (exact) mass is 475 g/mol. The van der Waals surface area contributed by atoms with E-state index in [-0.39, 0.29) is 0 Å². The van der Waals surface area contributed by atoms with Crippen LogP contribution >= 0.6 is 23.1 Å². The van der Waals surface area contributed by atoms with Gasteiger partial charge in [-0.1, -0.05) is 42.5 Å². The first-order valence-corrected chi connectivity index (χ1v) is 12.5. The minimum atomic E-state index is -4.33. The van der Waals surface area contributed by atoms with E-state index in [0.717, 1.165) is 50.2 Å². The summed E-state index contributed by atoms with van der Waals surface area (Å²) >= 11 is 3.08. The molecule has 1 fully saturated rings. The van der Waals surface area contributed by atoms with Crippen LogP contribution < -0.4 is 9.75 Å². The summed E-state index contributed by atoms with van der Waals surface area (Å²) in [5.74, 6) is 0. The van der Waals surface area contributed by atoms with Gasteiger partial charge in [-0.15, -0.1) is 11.3 Å². The number of halogens is 3. The van der Waals surface area contributed by atoms with Gasteiger partial charge < -0.3 is 9.64 Å². The van der Waals surface area contributed by atoms with Crippen LogP contribution in [0.25, 0.3) is 21.1 Å². The zero-order chi connectivity index (χ0) is 22.1. The summed E-state index contributed by atoms with van der Waals surface area (Å²) in [4.78, 5) is 4.67. The van der Waals surface area contributed by atoms with Crippen LogP contribution in [0.15, 0.2) is 53.0 Å². The number of nitrogens with zero attached hydrogens (tertiary/aromatic N) is 1. The van der Waals surface area contributed by atoms with Gasteiger partial charge in [-0.2, -0.15) is 13.2 Å². The summed E-state index contributed by atoms with van der Waals surface area (Å²) in [5.41, 5.74) is 0.485. The number of hydrogen-bond acceptors (Lipinski definition) is 4. The number of ether oxygens (including phenoxy) is 1. The number of likely N-dealkylation sites (tertiary alicyclic amines) is 1. The lowest BCUT2D eigenvalue weighted by Crippen LogP contribution is -2.32. The maximum absolute atomic E-state index is 13.2.